The third kappa shape index (κ3) is 4.17. The maximum Gasteiger partial charge on any atom is 0.132 e. The molecule has 2 N–H and O–H groups in total. The number of hydrogen-bond donors (Lipinski definition) is 2. The molecule has 7 heteroatoms. The van der Waals surface area contributed by atoms with Crippen LogP contribution < -0.4 is 10.2 Å². The topological polar surface area (TPSA) is 55.5 Å². The van der Waals surface area contributed by atoms with Crippen LogP contribution in [-0.2, 0) is 6.54 Å². The van der Waals surface area contributed by atoms with Crippen LogP contribution in [0.4, 0.5) is 5.69 Å². The van der Waals surface area contributed by atoms with Crippen molar-refractivity contribution in [1.29, 1.82) is 5.41 Å². The summed E-state index contributed by atoms with van der Waals surface area (Å²) in [7, 11) is 1.87. The van der Waals surface area contributed by atoms with E-state index in [2.05, 4.69) is 27.5 Å². The Labute approximate surface area is 173 Å². The van der Waals surface area contributed by atoms with Crippen LogP contribution in [0.1, 0.15) is 29.7 Å². The van der Waals surface area contributed by atoms with Crippen molar-refractivity contribution >= 4 is 39.3 Å². The number of nitrogens with zero attached hydrogens (tertiary/aromatic N) is 2. The van der Waals surface area contributed by atoms with Crippen LogP contribution in [0.2, 0.25) is 5.02 Å². The van der Waals surface area contributed by atoms with Gasteiger partial charge in [-0.2, -0.15) is 0 Å². The van der Waals surface area contributed by atoms with Gasteiger partial charge in [-0.25, -0.2) is 0 Å². The summed E-state index contributed by atoms with van der Waals surface area (Å²) in [5.41, 5.74) is 4.08. The number of anilines is 1. The third-order valence-electron chi connectivity index (χ3n) is 4.67. The van der Waals surface area contributed by atoms with E-state index in [-0.39, 0.29) is 0 Å². The van der Waals surface area contributed by atoms with Crippen LogP contribution in [0.15, 0.2) is 46.3 Å². The van der Waals surface area contributed by atoms with E-state index in [4.69, 9.17) is 21.4 Å². The van der Waals surface area contributed by atoms with Gasteiger partial charge in [0.15, 0.2) is 0 Å². The van der Waals surface area contributed by atoms with Crippen molar-refractivity contribution < 1.29 is 4.42 Å². The van der Waals surface area contributed by atoms with Crippen LogP contribution in [0, 0.1) is 19.3 Å². The lowest BCUT2D eigenvalue weighted by Gasteiger charge is -2.35. The molecule has 0 bridgehead atoms. The third-order valence-corrected chi connectivity index (χ3v) is 5.57. The van der Waals surface area contributed by atoms with E-state index in [0.717, 1.165) is 53.4 Å². The fraction of sp³-hybridized carbons (Fsp3) is 0.350. The number of amidine groups is 1. The zero-order valence-electron chi connectivity index (χ0n) is 15.8. The lowest BCUT2D eigenvalue weighted by molar-refractivity contribution is 0.434. The molecule has 5 nitrogen and oxygen atoms in total. The molecular weight excluding hydrogens is 428 g/mol. The predicted octanol–water partition coefficient (Wildman–Crippen LogP) is 5.37. The summed E-state index contributed by atoms with van der Waals surface area (Å²) in [6, 6.07) is 7.87. The van der Waals surface area contributed by atoms with Crippen molar-refractivity contribution in [3.05, 3.63) is 63.8 Å². The summed E-state index contributed by atoms with van der Waals surface area (Å²) in [5, 5.41) is 12.8. The van der Waals surface area contributed by atoms with E-state index in [1.54, 1.807) is 6.26 Å². The molecule has 1 saturated heterocycles. The Morgan fingerprint density at radius 1 is 1.41 bits per heavy atom. The van der Waals surface area contributed by atoms with E-state index in [1.807, 2.05) is 47.9 Å². The van der Waals surface area contributed by atoms with Gasteiger partial charge in [-0.05, 0) is 56.0 Å². The molecule has 1 aromatic carbocycles. The van der Waals surface area contributed by atoms with Gasteiger partial charge in [0.05, 0.1) is 39.7 Å². The highest BCUT2D eigenvalue weighted by Gasteiger charge is 2.28. The summed E-state index contributed by atoms with van der Waals surface area (Å²) in [6.45, 7) is 5.42. The summed E-state index contributed by atoms with van der Waals surface area (Å²) >= 11 is 10.2. The first kappa shape index (κ1) is 19.8. The van der Waals surface area contributed by atoms with E-state index in [9.17, 15) is 0 Å². The molecule has 1 fully saturated rings. The minimum atomic E-state index is 0.475. The first-order valence-corrected chi connectivity index (χ1v) is 10.0. The van der Waals surface area contributed by atoms with Gasteiger partial charge in [0, 0.05) is 19.2 Å². The monoisotopic (exact) mass is 450 g/mol. The van der Waals surface area contributed by atoms with Crippen LogP contribution in [0.3, 0.4) is 0 Å². The fourth-order valence-electron chi connectivity index (χ4n) is 3.55. The second-order valence-corrected chi connectivity index (χ2v) is 7.96. The Morgan fingerprint density at radius 3 is 2.81 bits per heavy atom. The molecule has 0 atom stereocenters. The summed E-state index contributed by atoms with van der Waals surface area (Å²) in [5.74, 6) is 2.18. The van der Waals surface area contributed by atoms with Gasteiger partial charge in [0.2, 0.25) is 0 Å². The molecule has 3 rings (SSSR count). The lowest BCUT2D eigenvalue weighted by atomic mass is 10.00. The van der Waals surface area contributed by atoms with Crippen LogP contribution in [-0.4, -0.2) is 23.4 Å². The number of benzene rings is 1. The molecule has 0 amide bonds. The molecule has 0 spiro atoms. The Morgan fingerprint density at radius 2 is 2.19 bits per heavy atom. The number of rotatable bonds is 5. The summed E-state index contributed by atoms with van der Waals surface area (Å²) in [4.78, 5) is 2.01. The van der Waals surface area contributed by atoms with Gasteiger partial charge in [-0.3, -0.25) is 9.34 Å². The van der Waals surface area contributed by atoms with Crippen LogP contribution in [0.25, 0.3) is 0 Å². The molecule has 0 unspecified atom stereocenters. The largest absolute Gasteiger partial charge is 0.467 e. The molecule has 27 heavy (non-hydrogen) atoms. The number of aryl methyl sites for hydroxylation is 2. The lowest BCUT2D eigenvalue weighted by Crippen LogP contribution is -2.40. The van der Waals surface area contributed by atoms with Gasteiger partial charge in [0.1, 0.15) is 17.4 Å². The van der Waals surface area contributed by atoms with Crippen LogP contribution in [0.5, 0.6) is 0 Å². The molecule has 2 aromatic rings. The Hall–Kier alpha value is -1.92. The Bertz CT molecular complexity index is 840. The van der Waals surface area contributed by atoms with E-state index in [1.165, 1.54) is 0 Å². The van der Waals surface area contributed by atoms with Crippen molar-refractivity contribution in [2.45, 2.75) is 33.2 Å². The zero-order valence-corrected chi connectivity index (χ0v) is 18.1. The van der Waals surface area contributed by atoms with E-state index in [0.29, 0.717) is 17.4 Å². The van der Waals surface area contributed by atoms with Gasteiger partial charge < -0.3 is 14.6 Å². The molecule has 144 valence electrons. The Balaban J connectivity index is 1.94. The molecule has 1 aliphatic rings. The smallest absolute Gasteiger partial charge is 0.132 e. The summed E-state index contributed by atoms with van der Waals surface area (Å²) < 4.78 is 7.35. The maximum absolute atomic E-state index is 8.86. The molecule has 0 aliphatic carbocycles. The fourth-order valence-corrected chi connectivity index (χ4v) is 4.61. The van der Waals surface area contributed by atoms with E-state index < -0.39 is 0 Å². The highest BCUT2D eigenvalue weighted by atomic mass is 79.9. The Kier molecular flexibility index (Phi) is 6.17. The van der Waals surface area contributed by atoms with E-state index >= 15 is 0 Å². The molecule has 0 radical (unpaired) electrons. The van der Waals surface area contributed by atoms with Gasteiger partial charge in [-0.15, -0.1) is 0 Å². The standard InChI is InChI=1S/C20H24BrClN4O/c1-13-10-14(2)18(17(22)11-13)25-8-4-7-16(19(25)23)20(24-3)26(21)12-15-6-5-9-27-15/h5-6,9-11,23-24H,4,7-8,12H2,1-3H3/b20-16+,23-19?. The number of furan rings is 1. The van der Waals surface area contributed by atoms with Crippen molar-refractivity contribution in [3.63, 3.8) is 0 Å². The second-order valence-electron chi connectivity index (χ2n) is 6.69. The zero-order chi connectivity index (χ0) is 19.6. The average Bonchev–Trinajstić information content (AvgIpc) is 3.10. The highest BCUT2D eigenvalue weighted by Crippen LogP contribution is 2.35. The minimum absolute atomic E-state index is 0.475. The van der Waals surface area contributed by atoms with Crippen LogP contribution >= 0.6 is 27.7 Å². The highest BCUT2D eigenvalue weighted by molar-refractivity contribution is 9.07. The number of hydrogen-bond acceptors (Lipinski definition) is 4. The van der Waals surface area contributed by atoms with Gasteiger partial charge in [0.25, 0.3) is 0 Å². The second kappa shape index (κ2) is 8.40. The van der Waals surface area contributed by atoms with Gasteiger partial charge in [-0.1, -0.05) is 17.7 Å². The predicted molar refractivity (Wildman–Crippen MR) is 114 cm³/mol. The number of halogens is 2. The number of piperidine rings is 1. The summed E-state index contributed by atoms with van der Waals surface area (Å²) in [6.07, 6.45) is 3.44. The molecule has 2 heterocycles. The first-order chi connectivity index (χ1) is 12.9. The maximum atomic E-state index is 8.86. The molecule has 1 aromatic heterocycles. The normalized spacial score (nSPS) is 16.5. The van der Waals surface area contributed by atoms with Gasteiger partial charge >= 0.3 is 0 Å². The first-order valence-electron chi connectivity index (χ1n) is 8.92. The van der Waals surface area contributed by atoms with Crippen molar-refractivity contribution in [1.82, 2.24) is 9.24 Å². The minimum Gasteiger partial charge on any atom is -0.467 e. The van der Waals surface area contributed by atoms with Crippen molar-refractivity contribution in [2.75, 3.05) is 18.5 Å². The quantitative estimate of drug-likeness (QED) is 0.600. The van der Waals surface area contributed by atoms with Crippen molar-refractivity contribution in [2.24, 2.45) is 0 Å². The number of nitrogens with one attached hydrogen (secondary N) is 2. The molecule has 0 saturated carbocycles. The average molecular weight is 452 g/mol. The molecule has 1 aliphatic heterocycles. The van der Waals surface area contributed by atoms with Crippen molar-refractivity contribution in [3.8, 4) is 0 Å². The SMILES string of the molecule is CN/C(=C1/CCCN(c2c(C)cc(C)cc2Cl)C1=N)N(Br)Cc1ccco1. The molecular formula is C20H24BrClN4O.